The fourth-order valence-corrected chi connectivity index (χ4v) is 4.51. The molecule has 1 heterocycles. The van der Waals surface area contributed by atoms with Gasteiger partial charge in [0, 0.05) is 27.1 Å². The van der Waals surface area contributed by atoms with E-state index in [9.17, 15) is 4.79 Å². The number of anilines is 1. The lowest BCUT2D eigenvalue weighted by molar-refractivity contribution is 0.0782. The molecule has 0 saturated carbocycles. The maximum absolute atomic E-state index is 12.1. The van der Waals surface area contributed by atoms with Crippen LogP contribution in [0.15, 0.2) is 53.6 Å². The molecule has 0 aromatic heterocycles. The molecule has 22 heavy (non-hydrogen) atoms. The van der Waals surface area contributed by atoms with Crippen LogP contribution in [0.3, 0.4) is 0 Å². The lowest BCUT2D eigenvalue weighted by Crippen LogP contribution is -2.40. The zero-order chi connectivity index (χ0) is 15.5. The van der Waals surface area contributed by atoms with Gasteiger partial charge in [0.25, 0.3) is 0 Å². The van der Waals surface area contributed by atoms with E-state index in [0.29, 0.717) is 15.5 Å². The molecule has 3 nitrogen and oxygen atoms in total. The third kappa shape index (κ3) is 3.68. The molecule has 0 radical (unpaired) electrons. The molecule has 1 aromatic carbocycles. The first kappa shape index (κ1) is 15.5. The van der Waals surface area contributed by atoms with E-state index in [1.165, 1.54) is 0 Å². The van der Waals surface area contributed by atoms with Gasteiger partial charge in [0.2, 0.25) is 0 Å². The van der Waals surface area contributed by atoms with Crippen LogP contribution >= 0.6 is 23.4 Å². The van der Waals surface area contributed by atoms with Crippen molar-refractivity contribution in [3.8, 4) is 0 Å². The van der Waals surface area contributed by atoms with E-state index in [1.54, 1.807) is 0 Å². The van der Waals surface area contributed by atoms with Crippen LogP contribution in [0.5, 0.6) is 0 Å². The minimum atomic E-state index is -0.409. The largest absolute Gasteiger partial charge is 0.445 e. The number of allylic oxidation sites excluding steroid dienone is 2. The van der Waals surface area contributed by atoms with Gasteiger partial charge >= 0.3 is 6.09 Å². The number of amides is 1. The molecule has 0 spiro atoms. The molecule has 1 amide bonds. The summed E-state index contributed by atoms with van der Waals surface area (Å²) in [6, 6.07) is 9.33. The Balaban J connectivity index is 1.67. The van der Waals surface area contributed by atoms with E-state index in [-0.39, 0.29) is 12.0 Å². The van der Waals surface area contributed by atoms with E-state index >= 15 is 0 Å². The monoisotopic (exact) mass is 335 g/mol. The van der Waals surface area contributed by atoms with E-state index in [0.717, 1.165) is 12.1 Å². The van der Waals surface area contributed by atoms with Crippen molar-refractivity contribution in [1.82, 2.24) is 0 Å². The summed E-state index contributed by atoms with van der Waals surface area (Å²) in [6.07, 6.45) is 6.32. The summed E-state index contributed by atoms with van der Waals surface area (Å²) in [4.78, 5) is 12.1. The Hall–Kier alpha value is -1.39. The third-order valence-corrected chi connectivity index (χ3v) is 5.53. The Morgan fingerprint density at radius 3 is 2.91 bits per heavy atom. The minimum absolute atomic E-state index is 0.139. The number of carbonyl (C=O) groups is 1. The molecule has 2 aliphatic rings. The number of hydrogen-bond acceptors (Lipinski definition) is 3. The predicted molar refractivity (Wildman–Crippen MR) is 92.4 cm³/mol. The number of rotatable bonds is 2. The summed E-state index contributed by atoms with van der Waals surface area (Å²) in [6.45, 7) is 2.17. The Bertz CT molecular complexity index is 602. The zero-order valence-electron chi connectivity index (χ0n) is 12.2. The highest BCUT2D eigenvalue weighted by molar-refractivity contribution is 8.00. The van der Waals surface area contributed by atoms with E-state index in [2.05, 4.69) is 18.3 Å². The highest BCUT2D eigenvalue weighted by atomic mass is 35.5. The Morgan fingerprint density at radius 2 is 2.14 bits per heavy atom. The highest BCUT2D eigenvalue weighted by Crippen LogP contribution is 2.41. The number of nitrogens with one attached hydrogen (secondary N) is 1. The Morgan fingerprint density at radius 1 is 1.36 bits per heavy atom. The predicted octanol–water partition coefficient (Wildman–Crippen LogP) is 4.81. The number of hydrogen-bond donors (Lipinski definition) is 1. The van der Waals surface area contributed by atoms with E-state index < -0.39 is 6.09 Å². The van der Waals surface area contributed by atoms with Crippen LogP contribution in [-0.4, -0.2) is 22.7 Å². The quantitative estimate of drug-likeness (QED) is 0.843. The topological polar surface area (TPSA) is 38.3 Å². The van der Waals surface area contributed by atoms with Crippen molar-refractivity contribution in [2.45, 2.75) is 29.9 Å². The van der Waals surface area contributed by atoms with Crippen molar-refractivity contribution in [2.75, 3.05) is 5.32 Å². The van der Waals surface area contributed by atoms with Crippen molar-refractivity contribution in [2.24, 2.45) is 5.92 Å². The molecule has 5 heteroatoms. The molecular formula is C17H18ClNO2S. The molecule has 1 fully saturated rings. The molecule has 116 valence electrons. The van der Waals surface area contributed by atoms with Crippen molar-refractivity contribution >= 4 is 35.1 Å². The van der Waals surface area contributed by atoms with Gasteiger partial charge in [-0.2, -0.15) is 11.8 Å². The van der Waals surface area contributed by atoms with Crippen molar-refractivity contribution < 1.29 is 9.53 Å². The van der Waals surface area contributed by atoms with Gasteiger partial charge in [-0.25, -0.2) is 4.79 Å². The molecule has 1 aliphatic heterocycles. The fourth-order valence-electron chi connectivity index (χ4n) is 2.85. The van der Waals surface area contributed by atoms with Crippen molar-refractivity contribution in [3.05, 3.63) is 53.6 Å². The lowest BCUT2D eigenvalue weighted by atomic mass is 9.90. The van der Waals surface area contributed by atoms with Crippen LogP contribution in [0.4, 0.5) is 10.5 Å². The molecule has 3 rings (SSSR count). The first-order chi connectivity index (χ1) is 10.6. The Labute approximate surface area is 139 Å². The number of benzene rings is 1. The molecule has 1 N–H and O–H groups in total. The first-order valence-corrected chi connectivity index (χ1v) is 8.67. The maximum Gasteiger partial charge on any atom is 0.411 e. The standard InChI is InChI=1S/C17H18ClNO2S/c1-11-9-15(14-10-12(18)7-8-16(14)22-11)21-17(20)19-13-5-3-2-4-6-13/h2-8,10-11,14-16H,9H2,1H3,(H,19,20)/t11-,14+,15+,16-/m1/s1. The summed E-state index contributed by atoms with van der Waals surface area (Å²) < 4.78 is 5.68. The second-order valence-corrected chi connectivity index (χ2v) is 7.63. The number of ether oxygens (including phenoxy) is 1. The van der Waals surface area contributed by atoms with Crippen molar-refractivity contribution in [1.29, 1.82) is 0 Å². The summed E-state index contributed by atoms with van der Waals surface area (Å²) in [5, 5.41) is 4.26. The molecule has 0 bridgehead atoms. The average molecular weight is 336 g/mol. The van der Waals surface area contributed by atoms with E-state index in [1.807, 2.05) is 54.2 Å². The van der Waals surface area contributed by atoms with Crippen LogP contribution in [0.25, 0.3) is 0 Å². The fraction of sp³-hybridized carbons (Fsp3) is 0.353. The number of fused-ring (bicyclic) bond motifs is 1. The highest BCUT2D eigenvalue weighted by Gasteiger charge is 2.38. The van der Waals surface area contributed by atoms with E-state index in [4.69, 9.17) is 16.3 Å². The number of halogens is 1. The van der Waals surface area contributed by atoms with Crippen LogP contribution in [-0.2, 0) is 4.74 Å². The number of carbonyl (C=O) groups excluding carboxylic acids is 1. The van der Waals surface area contributed by atoms with Gasteiger partial charge in [0.05, 0.1) is 0 Å². The smallest absolute Gasteiger partial charge is 0.411 e. The van der Waals surface area contributed by atoms with Gasteiger partial charge in [0.15, 0.2) is 0 Å². The lowest BCUT2D eigenvalue weighted by Gasteiger charge is -2.38. The minimum Gasteiger partial charge on any atom is -0.445 e. The molecule has 4 atom stereocenters. The van der Waals surface area contributed by atoms with Crippen LogP contribution in [0.2, 0.25) is 0 Å². The third-order valence-electron chi connectivity index (χ3n) is 3.84. The van der Waals surface area contributed by atoms with Crippen molar-refractivity contribution in [3.63, 3.8) is 0 Å². The molecular weight excluding hydrogens is 318 g/mol. The number of thioether (sulfide) groups is 1. The summed E-state index contributed by atoms with van der Waals surface area (Å²) in [5.74, 6) is 0.139. The zero-order valence-corrected chi connectivity index (χ0v) is 13.8. The first-order valence-electron chi connectivity index (χ1n) is 7.35. The van der Waals surface area contributed by atoms with Crippen LogP contribution < -0.4 is 5.32 Å². The molecule has 0 unspecified atom stereocenters. The summed E-state index contributed by atoms with van der Waals surface area (Å²) >= 11 is 8.02. The van der Waals surface area contributed by atoms with Gasteiger partial charge < -0.3 is 4.74 Å². The Kier molecular flexibility index (Phi) is 4.79. The SMILES string of the molecule is C[C@@H]1C[C@H](OC(=O)Nc2ccccc2)[C@@H]2C=C(Cl)C=C[C@H]2S1. The molecule has 1 aliphatic carbocycles. The summed E-state index contributed by atoms with van der Waals surface area (Å²) in [7, 11) is 0. The van der Waals surface area contributed by atoms with Crippen LogP contribution in [0, 0.1) is 5.92 Å². The second kappa shape index (κ2) is 6.80. The van der Waals surface area contributed by atoms with Gasteiger partial charge in [-0.3, -0.25) is 5.32 Å². The average Bonchev–Trinajstić information content (AvgIpc) is 2.49. The van der Waals surface area contributed by atoms with Gasteiger partial charge in [-0.05, 0) is 24.6 Å². The maximum atomic E-state index is 12.1. The number of para-hydroxylation sites is 1. The normalized spacial score (nSPS) is 30.2. The van der Waals surface area contributed by atoms with Crippen LogP contribution in [0.1, 0.15) is 13.3 Å². The van der Waals surface area contributed by atoms with Gasteiger partial charge in [-0.1, -0.05) is 48.9 Å². The van der Waals surface area contributed by atoms with Gasteiger partial charge in [0.1, 0.15) is 6.10 Å². The molecule has 1 aromatic rings. The molecule has 1 saturated heterocycles. The second-order valence-electron chi connectivity index (χ2n) is 5.57. The van der Waals surface area contributed by atoms with Gasteiger partial charge in [-0.15, -0.1) is 0 Å². The summed E-state index contributed by atoms with van der Waals surface area (Å²) in [5.41, 5.74) is 0.736.